The zero-order chi connectivity index (χ0) is 23.9. The first kappa shape index (κ1) is 25.3. The van der Waals surface area contributed by atoms with Crippen LogP contribution in [0, 0.1) is 5.92 Å². The van der Waals surface area contributed by atoms with Gasteiger partial charge in [-0.15, -0.1) is 0 Å². The van der Waals surface area contributed by atoms with Crippen LogP contribution in [-0.4, -0.2) is 46.3 Å². The molecule has 1 unspecified atom stereocenters. The number of piperidine rings is 1. The molecule has 180 valence electrons. The number of nitrogens with one attached hydrogen (secondary N) is 1. The van der Waals surface area contributed by atoms with Crippen molar-refractivity contribution in [1.82, 2.24) is 20.4 Å². The topological polar surface area (TPSA) is 71.3 Å². The number of amides is 1. The molecule has 1 amide bonds. The van der Waals surface area contributed by atoms with Gasteiger partial charge in [-0.2, -0.15) is 16.7 Å². The molecule has 6 nitrogen and oxygen atoms in total. The Morgan fingerprint density at radius 3 is 2.85 bits per heavy atom. The van der Waals surface area contributed by atoms with E-state index in [1.807, 2.05) is 24.3 Å². The fourth-order valence-electron chi connectivity index (χ4n) is 3.89. The number of thioether (sulfide) groups is 1. The SMILES string of the molecule is O=C(NCCSCc1ccccc1Cl)C1CCCN(Cc2nc(-c3ccc(Cl)cc3Cl)no2)C1. The number of hydrogen-bond acceptors (Lipinski definition) is 6. The van der Waals surface area contributed by atoms with Gasteiger partial charge in [0, 0.05) is 40.2 Å². The molecule has 1 saturated heterocycles. The molecule has 0 spiro atoms. The van der Waals surface area contributed by atoms with Gasteiger partial charge in [-0.05, 0) is 49.2 Å². The molecule has 1 atom stereocenters. The maximum absolute atomic E-state index is 12.7. The van der Waals surface area contributed by atoms with Crippen molar-refractivity contribution >= 4 is 52.5 Å². The van der Waals surface area contributed by atoms with Crippen molar-refractivity contribution in [2.45, 2.75) is 25.1 Å². The predicted octanol–water partition coefficient (Wildman–Crippen LogP) is 5.96. The molecule has 1 fully saturated rings. The molecule has 1 aromatic heterocycles. The number of halogens is 3. The Hall–Kier alpha value is -1.77. The maximum Gasteiger partial charge on any atom is 0.241 e. The summed E-state index contributed by atoms with van der Waals surface area (Å²) < 4.78 is 5.43. The first-order chi connectivity index (χ1) is 16.5. The van der Waals surface area contributed by atoms with Crippen LogP contribution < -0.4 is 5.32 Å². The van der Waals surface area contributed by atoms with Gasteiger partial charge in [0.2, 0.25) is 17.6 Å². The largest absolute Gasteiger partial charge is 0.355 e. The first-order valence-electron chi connectivity index (χ1n) is 11.1. The number of carbonyl (C=O) groups excluding carboxylic acids is 1. The van der Waals surface area contributed by atoms with Crippen LogP contribution in [-0.2, 0) is 17.1 Å². The molecule has 4 rings (SSSR count). The molecule has 0 aliphatic carbocycles. The van der Waals surface area contributed by atoms with Crippen molar-refractivity contribution in [3.8, 4) is 11.4 Å². The summed E-state index contributed by atoms with van der Waals surface area (Å²) in [6, 6.07) is 13.0. The van der Waals surface area contributed by atoms with Crippen molar-refractivity contribution in [2.24, 2.45) is 5.92 Å². The van der Waals surface area contributed by atoms with E-state index in [1.165, 1.54) is 0 Å². The van der Waals surface area contributed by atoms with Crippen LogP contribution in [0.1, 0.15) is 24.3 Å². The molecule has 0 bridgehead atoms. The Labute approximate surface area is 218 Å². The van der Waals surface area contributed by atoms with Gasteiger partial charge in [0.15, 0.2) is 0 Å². The van der Waals surface area contributed by atoms with Crippen LogP contribution in [0.4, 0.5) is 0 Å². The molecule has 0 saturated carbocycles. The first-order valence-corrected chi connectivity index (χ1v) is 13.4. The van der Waals surface area contributed by atoms with E-state index in [0.29, 0.717) is 47.0 Å². The van der Waals surface area contributed by atoms with E-state index < -0.39 is 0 Å². The van der Waals surface area contributed by atoms with Gasteiger partial charge in [0.25, 0.3) is 0 Å². The summed E-state index contributed by atoms with van der Waals surface area (Å²) in [6.07, 6.45) is 1.83. The number of nitrogens with zero attached hydrogens (tertiary/aromatic N) is 3. The molecule has 1 aliphatic rings. The highest BCUT2D eigenvalue weighted by Gasteiger charge is 2.27. The highest BCUT2D eigenvalue weighted by Crippen LogP contribution is 2.29. The molecular formula is C24H25Cl3N4O2S. The highest BCUT2D eigenvalue weighted by molar-refractivity contribution is 7.98. The lowest BCUT2D eigenvalue weighted by Gasteiger charge is -2.30. The third-order valence-electron chi connectivity index (χ3n) is 5.64. The molecule has 2 heterocycles. The van der Waals surface area contributed by atoms with Crippen LogP contribution in [0.25, 0.3) is 11.4 Å². The van der Waals surface area contributed by atoms with E-state index in [4.69, 9.17) is 39.3 Å². The number of carbonyl (C=O) groups is 1. The van der Waals surface area contributed by atoms with Crippen molar-refractivity contribution in [3.05, 3.63) is 69.0 Å². The second-order valence-corrected chi connectivity index (χ2v) is 10.5. The number of hydrogen-bond donors (Lipinski definition) is 1. The molecule has 0 radical (unpaired) electrons. The number of likely N-dealkylation sites (tertiary alicyclic amines) is 1. The molecule has 3 aromatic rings. The van der Waals surface area contributed by atoms with Crippen molar-refractivity contribution < 1.29 is 9.32 Å². The Morgan fingerprint density at radius 1 is 1.18 bits per heavy atom. The van der Waals surface area contributed by atoms with Crippen LogP contribution in [0.5, 0.6) is 0 Å². The number of benzene rings is 2. The Kier molecular flexibility index (Phi) is 9.14. The van der Waals surface area contributed by atoms with Crippen molar-refractivity contribution in [2.75, 3.05) is 25.4 Å². The average molecular weight is 540 g/mol. The van der Waals surface area contributed by atoms with Crippen molar-refractivity contribution in [1.29, 1.82) is 0 Å². The van der Waals surface area contributed by atoms with E-state index in [0.717, 1.165) is 41.5 Å². The Balaban J connectivity index is 1.22. The standard InChI is InChI=1S/C24H25Cl3N4O2S/c25-18-7-8-19(21(27)12-18)23-29-22(33-30-23)14-31-10-3-5-16(13-31)24(32)28-9-11-34-15-17-4-1-2-6-20(17)26/h1-2,4,6-8,12,16H,3,5,9-11,13-15H2,(H,28,32). The van der Waals surface area contributed by atoms with Crippen LogP contribution in [0.3, 0.4) is 0 Å². The third-order valence-corrected chi connectivity index (χ3v) is 7.56. The van der Waals surface area contributed by atoms with Gasteiger partial charge in [-0.3, -0.25) is 9.69 Å². The maximum atomic E-state index is 12.7. The number of rotatable bonds is 9. The van der Waals surface area contributed by atoms with E-state index in [9.17, 15) is 4.79 Å². The summed E-state index contributed by atoms with van der Waals surface area (Å²) in [6.45, 7) is 2.68. The van der Waals surface area contributed by atoms with Gasteiger partial charge in [-0.25, -0.2) is 0 Å². The molecule has 10 heteroatoms. The molecular weight excluding hydrogens is 515 g/mol. The van der Waals surface area contributed by atoms with Crippen LogP contribution >= 0.6 is 46.6 Å². The van der Waals surface area contributed by atoms with E-state index in [-0.39, 0.29) is 11.8 Å². The molecule has 34 heavy (non-hydrogen) atoms. The minimum absolute atomic E-state index is 0.0459. The van der Waals surface area contributed by atoms with Gasteiger partial charge >= 0.3 is 0 Å². The fraction of sp³-hybridized carbons (Fsp3) is 0.375. The monoisotopic (exact) mass is 538 g/mol. The Morgan fingerprint density at radius 2 is 2.03 bits per heavy atom. The third kappa shape index (κ3) is 6.89. The fourth-order valence-corrected chi connectivity index (χ4v) is 5.53. The lowest BCUT2D eigenvalue weighted by Crippen LogP contribution is -2.43. The van der Waals surface area contributed by atoms with Gasteiger partial charge in [0.05, 0.1) is 17.5 Å². The Bertz CT molecular complexity index is 1130. The second-order valence-electron chi connectivity index (χ2n) is 8.15. The van der Waals surface area contributed by atoms with E-state index in [2.05, 4.69) is 20.4 Å². The second kappa shape index (κ2) is 12.3. The summed E-state index contributed by atoms with van der Waals surface area (Å²) in [5.74, 6) is 2.65. The normalized spacial score (nSPS) is 16.5. The molecule has 1 N–H and O–H groups in total. The zero-order valence-corrected chi connectivity index (χ0v) is 21.6. The summed E-state index contributed by atoms with van der Waals surface area (Å²) in [4.78, 5) is 19.4. The summed E-state index contributed by atoms with van der Waals surface area (Å²) in [5, 5.41) is 8.93. The zero-order valence-electron chi connectivity index (χ0n) is 18.5. The minimum Gasteiger partial charge on any atom is -0.355 e. The smallest absolute Gasteiger partial charge is 0.241 e. The number of aromatic nitrogens is 2. The van der Waals surface area contributed by atoms with Gasteiger partial charge in [0.1, 0.15) is 0 Å². The van der Waals surface area contributed by atoms with Crippen LogP contribution in [0.2, 0.25) is 15.1 Å². The van der Waals surface area contributed by atoms with Crippen LogP contribution in [0.15, 0.2) is 47.0 Å². The quantitative estimate of drug-likeness (QED) is 0.338. The van der Waals surface area contributed by atoms with Gasteiger partial charge in [-0.1, -0.05) is 58.2 Å². The summed E-state index contributed by atoms with van der Waals surface area (Å²) >= 11 is 20.2. The highest BCUT2D eigenvalue weighted by atomic mass is 35.5. The van der Waals surface area contributed by atoms with E-state index >= 15 is 0 Å². The molecule has 1 aliphatic heterocycles. The lowest BCUT2D eigenvalue weighted by atomic mass is 9.97. The minimum atomic E-state index is -0.0459. The summed E-state index contributed by atoms with van der Waals surface area (Å²) in [7, 11) is 0. The summed E-state index contributed by atoms with van der Waals surface area (Å²) in [5.41, 5.74) is 1.79. The average Bonchev–Trinajstić information content (AvgIpc) is 3.28. The van der Waals surface area contributed by atoms with E-state index in [1.54, 1.807) is 30.0 Å². The lowest BCUT2D eigenvalue weighted by molar-refractivity contribution is -0.126. The molecule has 2 aromatic carbocycles. The van der Waals surface area contributed by atoms with Crippen molar-refractivity contribution in [3.63, 3.8) is 0 Å². The van der Waals surface area contributed by atoms with Gasteiger partial charge < -0.3 is 9.84 Å². The predicted molar refractivity (Wildman–Crippen MR) is 138 cm³/mol.